The van der Waals surface area contributed by atoms with Gasteiger partial charge < -0.3 is 9.64 Å². The minimum Gasteiger partial charge on any atom is -0.376 e. The molecule has 1 aliphatic heterocycles. The first-order valence-corrected chi connectivity index (χ1v) is 9.32. The average Bonchev–Trinajstić information content (AvgIpc) is 3.20. The van der Waals surface area contributed by atoms with E-state index >= 15 is 0 Å². The summed E-state index contributed by atoms with van der Waals surface area (Å²) in [5, 5.41) is 11.1. The molecule has 1 aromatic heterocycles. The molecule has 1 aromatic carbocycles. The Labute approximate surface area is 167 Å². The number of rotatable bonds is 7. The van der Waals surface area contributed by atoms with Crippen molar-refractivity contribution < 1.29 is 14.5 Å². The van der Waals surface area contributed by atoms with Crippen LogP contribution in [0.1, 0.15) is 24.0 Å². The van der Waals surface area contributed by atoms with Crippen molar-refractivity contribution in [3.63, 3.8) is 0 Å². The van der Waals surface area contributed by atoms with E-state index in [0.717, 1.165) is 18.4 Å². The Bertz CT molecular complexity index is 867. The summed E-state index contributed by atoms with van der Waals surface area (Å²) in [4.78, 5) is 29.1. The fourth-order valence-corrected chi connectivity index (χ4v) is 3.21. The number of hydrogen-bond acceptors (Lipinski definition) is 5. The fourth-order valence-electron chi connectivity index (χ4n) is 3.02. The summed E-state index contributed by atoms with van der Waals surface area (Å²) in [6.07, 6.45) is 8.31. The predicted molar refractivity (Wildman–Crippen MR) is 106 cm³/mol. The third kappa shape index (κ3) is 5.37. The molecule has 8 heteroatoms. The van der Waals surface area contributed by atoms with Gasteiger partial charge >= 0.3 is 0 Å². The number of carbonyl (C=O) groups is 1. The summed E-state index contributed by atoms with van der Waals surface area (Å²) in [6.45, 7) is 1.61. The van der Waals surface area contributed by atoms with E-state index < -0.39 is 4.92 Å². The van der Waals surface area contributed by atoms with Gasteiger partial charge in [-0.25, -0.2) is 0 Å². The molecule has 0 bridgehead atoms. The van der Waals surface area contributed by atoms with Crippen molar-refractivity contribution in [3.05, 3.63) is 75.1 Å². The van der Waals surface area contributed by atoms with Crippen molar-refractivity contribution in [2.75, 3.05) is 13.2 Å². The lowest BCUT2D eigenvalue weighted by Gasteiger charge is -2.24. The number of nitro benzene ring substituents is 1. The molecule has 1 amide bonds. The first kappa shape index (κ1) is 20.0. The highest BCUT2D eigenvalue weighted by Crippen LogP contribution is 2.25. The summed E-state index contributed by atoms with van der Waals surface area (Å²) in [5.41, 5.74) is 1.26. The smallest absolute Gasteiger partial charge is 0.288 e. The summed E-state index contributed by atoms with van der Waals surface area (Å²) >= 11 is 5.83. The third-order valence-electron chi connectivity index (χ3n) is 4.44. The van der Waals surface area contributed by atoms with Gasteiger partial charge in [0.1, 0.15) is 5.02 Å². The molecule has 0 aliphatic carbocycles. The van der Waals surface area contributed by atoms with Gasteiger partial charge in [-0.3, -0.25) is 19.9 Å². The molecule has 2 heterocycles. The van der Waals surface area contributed by atoms with Gasteiger partial charge in [-0.15, -0.1) is 0 Å². The van der Waals surface area contributed by atoms with Crippen molar-refractivity contribution in [3.8, 4) is 0 Å². The molecule has 1 atom stereocenters. The maximum atomic E-state index is 12.8. The van der Waals surface area contributed by atoms with Crippen molar-refractivity contribution in [1.82, 2.24) is 9.88 Å². The van der Waals surface area contributed by atoms with Crippen molar-refractivity contribution in [1.29, 1.82) is 0 Å². The van der Waals surface area contributed by atoms with Crippen LogP contribution in [0.15, 0.2) is 48.8 Å². The van der Waals surface area contributed by atoms with Gasteiger partial charge in [-0.2, -0.15) is 0 Å². The summed E-state index contributed by atoms with van der Waals surface area (Å²) in [6, 6.07) is 8.16. The first-order valence-electron chi connectivity index (χ1n) is 8.94. The Morgan fingerprint density at radius 3 is 2.96 bits per heavy atom. The molecule has 7 nitrogen and oxygen atoms in total. The van der Waals surface area contributed by atoms with Gasteiger partial charge in [0.05, 0.1) is 11.0 Å². The molecule has 1 aliphatic rings. The SMILES string of the molecule is O=C(/C=C/c1ccc(Cl)c([N+](=O)[O-])c1)N(Cc1cccnc1)CC1CCCO1. The van der Waals surface area contributed by atoms with Crippen LogP contribution in [-0.4, -0.2) is 40.0 Å². The number of nitrogens with zero attached hydrogens (tertiary/aromatic N) is 3. The van der Waals surface area contributed by atoms with E-state index in [9.17, 15) is 14.9 Å². The lowest BCUT2D eigenvalue weighted by molar-refractivity contribution is -0.384. The summed E-state index contributed by atoms with van der Waals surface area (Å²) in [5.74, 6) is -0.197. The molecule has 0 N–H and O–H groups in total. The molecule has 2 aromatic rings. The standard InChI is InChI=1S/C20H20ClN3O4/c21-18-7-5-15(11-19(18)24(26)27)6-8-20(25)23(14-17-4-2-10-28-17)13-16-3-1-9-22-12-16/h1,3,5-9,11-12,17H,2,4,10,13-14H2/b8-6+. The van der Waals surface area contributed by atoms with E-state index in [1.807, 2.05) is 12.1 Å². The van der Waals surface area contributed by atoms with Crippen molar-refractivity contribution >= 4 is 29.3 Å². The fraction of sp³-hybridized carbons (Fsp3) is 0.300. The second kappa shape index (κ2) is 9.43. The molecule has 0 radical (unpaired) electrons. The van der Waals surface area contributed by atoms with E-state index in [2.05, 4.69) is 4.98 Å². The summed E-state index contributed by atoms with van der Waals surface area (Å²) in [7, 11) is 0. The van der Waals surface area contributed by atoms with E-state index in [0.29, 0.717) is 25.3 Å². The maximum Gasteiger partial charge on any atom is 0.288 e. The van der Waals surface area contributed by atoms with Crippen molar-refractivity contribution in [2.24, 2.45) is 0 Å². The Morgan fingerprint density at radius 2 is 2.29 bits per heavy atom. The molecule has 146 valence electrons. The molecular weight excluding hydrogens is 382 g/mol. The number of benzene rings is 1. The largest absolute Gasteiger partial charge is 0.376 e. The van der Waals surface area contributed by atoms with E-state index in [4.69, 9.17) is 16.3 Å². The molecular formula is C20H20ClN3O4. The lowest BCUT2D eigenvalue weighted by atomic mass is 10.1. The van der Waals surface area contributed by atoms with E-state index in [1.165, 1.54) is 18.2 Å². The van der Waals surface area contributed by atoms with Gasteiger partial charge in [0, 0.05) is 44.2 Å². The predicted octanol–water partition coefficient (Wildman–Crippen LogP) is 3.86. The molecule has 1 fully saturated rings. The lowest BCUT2D eigenvalue weighted by Crippen LogP contribution is -2.35. The quantitative estimate of drug-likeness (QED) is 0.399. The second-order valence-corrected chi connectivity index (χ2v) is 6.92. The molecule has 0 spiro atoms. The van der Waals surface area contributed by atoms with Crippen molar-refractivity contribution in [2.45, 2.75) is 25.5 Å². The first-order chi connectivity index (χ1) is 13.5. The van der Waals surface area contributed by atoms with Crippen LogP contribution in [0.25, 0.3) is 6.08 Å². The number of pyridine rings is 1. The summed E-state index contributed by atoms with van der Waals surface area (Å²) < 4.78 is 5.67. The van der Waals surface area contributed by atoms with Crippen LogP contribution in [0.4, 0.5) is 5.69 Å². The zero-order valence-electron chi connectivity index (χ0n) is 15.2. The van der Waals surface area contributed by atoms with Gasteiger partial charge in [-0.1, -0.05) is 23.7 Å². The zero-order valence-corrected chi connectivity index (χ0v) is 15.9. The number of amides is 1. The van der Waals surface area contributed by atoms with Gasteiger partial charge in [0.25, 0.3) is 5.69 Å². The number of carbonyl (C=O) groups excluding carboxylic acids is 1. The van der Waals surface area contributed by atoms with Crippen LogP contribution in [0.3, 0.4) is 0 Å². The minimum absolute atomic E-state index is 0.0191. The Hall–Kier alpha value is -2.77. The number of nitro groups is 1. The molecule has 0 saturated carbocycles. The Balaban J connectivity index is 1.75. The average molecular weight is 402 g/mol. The van der Waals surface area contributed by atoms with Gasteiger partial charge in [0.2, 0.25) is 5.91 Å². The molecule has 1 unspecified atom stereocenters. The Kier molecular flexibility index (Phi) is 6.73. The van der Waals surface area contributed by atoms with Crippen LogP contribution < -0.4 is 0 Å². The van der Waals surface area contributed by atoms with Crippen LogP contribution in [-0.2, 0) is 16.1 Å². The van der Waals surface area contributed by atoms with Gasteiger partial charge in [-0.05, 0) is 42.2 Å². The van der Waals surface area contributed by atoms with Crippen LogP contribution >= 0.6 is 11.6 Å². The van der Waals surface area contributed by atoms with E-state index in [-0.39, 0.29) is 22.7 Å². The normalized spacial score (nSPS) is 16.4. The topological polar surface area (TPSA) is 85.6 Å². The number of hydrogen-bond donors (Lipinski definition) is 0. The van der Waals surface area contributed by atoms with Crippen LogP contribution in [0.5, 0.6) is 0 Å². The highest BCUT2D eigenvalue weighted by atomic mass is 35.5. The molecule has 3 rings (SSSR count). The highest BCUT2D eigenvalue weighted by Gasteiger charge is 2.22. The number of ether oxygens (including phenoxy) is 1. The Morgan fingerprint density at radius 1 is 1.43 bits per heavy atom. The monoisotopic (exact) mass is 401 g/mol. The van der Waals surface area contributed by atoms with Crippen LogP contribution in [0.2, 0.25) is 5.02 Å². The number of halogens is 1. The molecule has 1 saturated heterocycles. The van der Waals surface area contributed by atoms with Crippen LogP contribution in [0, 0.1) is 10.1 Å². The van der Waals surface area contributed by atoms with E-state index in [1.54, 1.807) is 29.4 Å². The zero-order chi connectivity index (χ0) is 19.9. The maximum absolute atomic E-state index is 12.8. The number of aromatic nitrogens is 1. The second-order valence-electron chi connectivity index (χ2n) is 6.52. The minimum atomic E-state index is -0.548. The third-order valence-corrected chi connectivity index (χ3v) is 4.76. The highest BCUT2D eigenvalue weighted by molar-refractivity contribution is 6.32. The van der Waals surface area contributed by atoms with Gasteiger partial charge in [0.15, 0.2) is 0 Å². The molecule has 28 heavy (non-hydrogen) atoms.